The zero-order valence-corrected chi connectivity index (χ0v) is 32.9. The molecule has 12 heteroatoms. The van der Waals surface area contributed by atoms with E-state index in [1.165, 1.54) is 12.1 Å². The van der Waals surface area contributed by atoms with Gasteiger partial charge in [-0.25, -0.2) is 9.18 Å². The van der Waals surface area contributed by atoms with E-state index in [0.29, 0.717) is 63.9 Å². The molecule has 4 aliphatic rings. The van der Waals surface area contributed by atoms with Crippen LogP contribution in [0.15, 0.2) is 91.1 Å². The van der Waals surface area contributed by atoms with Gasteiger partial charge < -0.3 is 29.7 Å². The van der Waals surface area contributed by atoms with Crippen LogP contribution in [-0.2, 0) is 4.74 Å². The molecule has 5 aromatic rings. The number of cyclic esters (lactones) is 1. The number of hydrogen-bond donors (Lipinski definition) is 2. The Hall–Kier alpha value is -4.96. The number of H-pyrrole nitrogens is 1. The standard InChI is InChI=1S/C44H39Cl3FN5O3/c1-25-7-5-16-53-41(31-12-10-27(45)22-33(31)47)32-21-28(46)23-35-38(32)39(42(53)37(25)26-8-3-2-4-9-26)40(49-35)43(54)50-34-24-29(48)11-13-36(34)51-18-14-30(15-19-51)52-17-6-20-56-44(52)55/h2-5,8-13,16,21-25,30,41,49H,6-7,14-15,17-20H2,1H3,(H,50,54). The number of allylic oxidation sites excluding steroid dienone is 2. The van der Waals surface area contributed by atoms with Crippen molar-refractivity contribution in [2.75, 3.05) is 36.5 Å². The highest BCUT2D eigenvalue weighted by Crippen LogP contribution is 2.53. The fourth-order valence-corrected chi connectivity index (χ4v) is 9.73. The number of benzene rings is 4. The fraction of sp³-hybridized carbons (Fsp3) is 0.273. The molecule has 8 nitrogen and oxygen atoms in total. The quantitative estimate of drug-likeness (QED) is 0.179. The number of aromatic nitrogens is 1. The van der Waals surface area contributed by atoms with Gasteiger partial charge in [0.1, 0.15) is 11.5 Å². The predicted molar refractivity (Wildman–Crippen MR) is 222 cm³/mol. The molecule has 0 spiro atoms. The third-order valence-corrected chi connectivity index (χ3v) is 12.3. The van der Waals surface area contributed by atoms with E-state index in [4.69, 9.17) is 39.5 Å². The zero-order valence-electron chi connectivity index (χ0n) is 30.6. The Morgan fingerprint density at radius 3 is 2.50 bits per heavy atom. The number of nitrogens with one attached hydrogen (secondary N) is 2. The van der Waals surface area contributed by atoms with Crippen molar-refractivity contribution in [1.82, 2.24) is 14.8 Å². The highest BCUT2D eigenvalue weighted by molar-refractivity contribution is 6.35. The summed E-state index contributed by atoms with van der Waals surface area (Å²) in [6, 6.07) is 23.7. The van der Waals surface area contributed by atoms with E-state index in [9.17, 15) is 9.59 Å². The minimum Gasteiger partial charge on any atom is -0.449 e. The first-order valence-electron chi connectivity index (χ1n) is 19.0. The van der Waals surface area contributed by atoms with E-state index >= 15 is 4.39 Å². The molecule has 1 aromatic heterocycles. The summed E-state index contributed by atoms with van der Waals surface area (Å²) in [4.78, 5) is 37.0. The lowest BCUT2D eigenvalue weighted by molar-refractivity contribution is 0.0499. The van der Waals surface area contributed by atoms with Gasteiger partial charge >= 0.3 is 6.09 Å². The molecule has 2 atom stereocenters. The first-order valence-corrected chi connectivity index (χ1v) is 20.1. The molecular formula is C44H39Cl3FN5O3. The van der Waals surface area contributed by atoms with Gasteiger partial charge in [0.15, 0.2) is 0 Å². The highest BCUT2D eigenvalue weighted by Gasteiger charge is 2.40. The van der Waals surface area contributed by atoms with Gasteiger partial charge in [-0.15, -0.1) is 0 Å². The van der Waals surface area contributed by atoms with Crippen molar-refractivity contribution >= 4 is 80.4 Å². The SMILES string of the molecule is CC1CC=CN2C(=C1c1ccccc1)c1c(C(=O)Nc3cc(F)ccc3N3CCC(N4CCCOC4=O)CC3)[nH]c3cc(Cl)cc(c13)C2c1ccc(Cl)cc1Cl. The molecule has 286 valence electrons. The van der Waals surface area contributed by atoms with Crippen molar-refractivity contribution in [3.8, 4) is 0 Å². The normalized spacial score (nSPS) is 19.9. The van der Waals surface area contributed by atoms with Crippen LogP contribution in [0, 0.1) is 11.7 Å². The number of carbonyl (C=O) groups excluding carboxylic acids is 2. The summed E-state index contributed by atoms with van der Waals surface area (Å²) in [5, 5.41) is 5.51. The summed E-state index contributed by atoms with van der Waals surface area (Å²) < 4.78 is 20.4. The Bertz CT molecular complexity index is 2440. The van der Waals surface area contributed by atoms with E-state index in [1.807, 2.05) is 47.4 Å². The maximum Gasteiger partial charge on any atom is 0.410 e. The van der Waals surface area contributed by atoms with E-state index in [-0.39, 0.29) is 18.1 Å². The van der Waals surface area contributed by atoms with Crippen LogP contribution < -0.4 is 10.2 Å². The van der Waals surface area contributed by atoms with Crippen LogP contribution in [0.5, 0.6) is 0 Å². The smallest absolute Gasteiger partial charge is 0.410 e. The number of rotatable bonds is 6. The van der Waals surface area contributed by atoms with Crippen LogP contribution in [-0.4, -0.2) is 59.1 Å². The molecule has 4 aromatic carbocycles. The zero-order chi connectivity index (χ0) is 38.7. The van der Waals surface area contributed by atoms with Crippen molar-refractivity contribution in [3.63, 3.8) is 0 Å². The molecule has 0 radical (unpaired) electrons. The number of hydrogen-bond acceptors (Lipinski definition) is 5. The van der Waals surface area contributed by atoms with Crippen LogP contribution in [0.1, 0.15) is 71.4 Å². The van der Waals surface area contributed by atoms with Crippen LogP contribution in [0.3, 0.4) is 0 Å². The van der Waals surface area contributed by atoms with Crippen LogP contribution >= 0.6 is 34.8 Å². The molecule has 56 heavy (non-hydrogen) atoms. The summed E-state index contributed by atoms with van der Waals surface area (Å²) in [6.07, 6.45) is 7.02. The molecule has 0 saturated carbocycles. The number of halogens is 4. The molecule has 2 unspecified atom stereocenters. The number of aromatic amines is 1. The van der Waals surface area contributed by atoms with Gasteiger partial charge in [-0.1, -0.05) is 84.2 Å². The molecule has 4 aliphatic heterocycles. The fourth-order valence-electron chi connectivity index (χ4n) is 8.99. The summed E-state index contributed by atoms with van der Waals surface area (Å²) >= 11 is 20.3. The number of nitrogens with zero attached hydrogens (tertiary/aromatic N) is 3. The van der Waals surface area contributed by atoms with Gasteiger partial charge in [0.05, 0.1) is 29.7 Å². The molecule has 2 amide bonds. The third kappa shape index (κ3) is 6.49. The van der Waals surface area contributed by atoms with Gasteiger partial charge in [0.2, 0.25) is 0 Å². The largest absolute Gasteiger partial charge is 0.449 e. The summed E-state index contributed by atoms with van der Waals surface area (Å²) in [7, 11) is 0. The molecule has 2 fully saturated rings. The second-order valence-electron chi connectivity index (χ2n) is 14.9. The lowest BCUT2D eigenvalue weighted by Gasteiger charge is -2.40. The highest BCUT2D eigenvalue weighted by atomic mass is 35.5. The van der Waals surface area contributed by atoms with E-state index < -0.39 is 17.8 Å². The lowest BCUT2D eigenvalue weighted by Crippen LogP contribution is -2.50. The number of piperidine rings is 1. The maximum absolute atomic E-state index is 15.1. The average molecular weight is 811 g/mol. The molecule has 2 saturated heterocycles. The first-order chi connectivity index (χ1) is 27.2. The minimum atomic E-state index is -0.465. The Morgan fingerprint density at radius 2 is 1.73 bits per heavy atom. The van der Waals surface area contributed by atoms with E-state index in [0.717, 1.165) is 64.6 Å². The Morgan fingerprint density at radius 1 is 0.929 bits per heavy atom. The number of carbonyl (C=O) groups is 2. The molecule has 9 rings (SSSR count). The van der Waals surface area contributed by atoms with Crippen molar-refractivity contribution in [3.05, 3.63) is 140 Å². The summed E-state index contributed by atoms with van der Waals surface area (Å²) in [5.41, 5.74) is 7.54. The van der Waals surface area contributed by atoms with Gasteiger partial charge in [-0.2, -0.15) is 0 Å². The molecule has 0 bridgehead atoms. The van der Waals surface area contributed by atoms with Crippen molar-refractivity contribution < 1.29 is 18.7 Å². The molecule has 0 aliphatic carbocycles. The number of fused-ring (bicyclic) bond motifs is 2. The van der Waals surface area contributed by atoms with Crippen LogP contribution in [0.4, 0.5) is 20.6 Å². The second-order valence-corrected chi connectivity index (χ2v) is 16.2. The van der Waals surface area contributed by atoms with Crippen LogP contribution in [0.25, 0.3) is 22.2 Å². The maximum atomic E-state index is 15.1. The number of anilines is 2. The van der Waals surface area contributed by atoms with Gasteiger partial charge in [-0.05, 0) is 96.3 Å². The van der Waals surface area contributed by atoms with E-state index in [1.54, 1.807) is 12.1 Å². The lowest BCUT2D eigenvalue weighted by atomic mass is 9.82. The van der Waals surface area contributed by atoms with Crippen LogP contribution in [0.2, 0.25) is 15.1 Å². The van der Waals surface area contributed by atoms with Gasteiger partial charge in [-0.3, -0.25) is 4.79 Å². The molecule has 2 N–H and O–H groups in total. The first kappa shape index (κ1) is 36.7. The monoisotopic (exact) mass is 809 g/mol. The summed E-state index contributed by atoms with van der Waals surface area (Å²) in [5.74, 6) is -0.804. The van der Waals surface area contributed by atoms with Crippen molar-refractivity contribution in [1.29, 1.82) is 0 Å². The number of ether oxygens (including phenoxy) is 1. The van der Waals surface area contributed by atoms with Gasteiger partial charge in [0.25, 0.3) is 5.91 Å². The Kier molecular flexibility index (Phi) is 9.72. The van der Waals surface area contributed by atoms with Crippen molar-refractivity contribution in [2.45, 2.75) is 44.7 Å². The number of amides is 2. The Balaban J connectivity index is 1.17. The third-order valence-electron chi connectivity index (χ3n) is 11.5. The second kappa shape index (κ2) is 14.8. The topological polar surface area (TPSA) is 80.9 Å². The molecule has 5 heterocycles. The minimum absolute atomic E-state index is 0.0654. The Labute approximate surface area is 339 Å². The van der Waals surface area contributed by atoms with Gasteiger partial charge in [0, 0.05) is 63.4 Å². The van der Waals surface area contributed by atoms with E-state index in [2.05, 4.69) is 51.4 Å². The van der Waals surface area contributed by atoms with Crippen molar-refractivity contribution in [2.24, 2.45) is 5.92 Å². The average Bonchev–Trinajstić information content (AvgIpc) is 3.48. The predicted octanol–water partition coefficient (Wildman–Crippen LogP) is 11.2. The molecular weight excluding hydrogens is 772 g/mol. The summed E-state index contributed by atoms with van der Waals surface area (Å²) in [6.45, 7) is 4.59.